The molecular weight excluding hydrogens is 536 g/mol. The summed E-state index contributed by atoms with van der Waals surface area (Å²) >= 11 is 0. The van der Waals surface area contributed by atoms with Crippen LogP contribution in [-0.2, 0) is 21.4 Å². The number of para-hydroxylation sites is 1. The van der Waals surface area contributed by atoms with Gasteiger partial charge in [0.05, 0.1) is 18.5 Å². The number of hydrogen-bond acceptors (Lipinski definition) is 5. The molecule has 0 spiro atoms. The highest BCUT2D eigenvalue weighted by Crippen LogP contribution is 2.61. The largest absolute Gasteiger partial charge is 0.497 e. The van der Waals surface area contributed by atoms with Crippen LogP contribution in [0.15, 0.2) is 77.5 Å². The molecule has 3 aromatic rings. The summed E-state index contributed by atoms with van der Waals surface area (Å²) in [5, 5.41) is 15.2. The number of rotatable bonds is 7. The highest BCUT2D eigenvalue weighted by atomic mass is 16.5. The van der Waals surface area contributed by atoms with Gasteiger partial charge in [0.2, 0.25) is 0 Å². The first-order valence-electron chi connectivity index (χ1n) is 15.3. The summed E-state index contributed by atoms with van der Waals surface area (Å²) in [4.78, 5) is 28.6. The van der Waals surface area contributed by atoms with Crippen LogP contribution in [0.4, 0.5) is 0 Å². The van der Waals surface area contributed by atoms with E-state index in [9.17, 15) is 14.9 Å². The molecule has 4 saturated carbocycles. The maximum Gasteiger partial charge on any atom is 0.271 e. The fourth-order valence-corrected chi connectivity index (χ4v) is 8.54. The number of benzene rings is 2. The third-order valence-corrected chi connectivity index (χ3v) is 10.2. The van der Waals surface area contributed by atoms with Gasteiger partial charge in [0, 0.05) is 29.3 Å². The molecule has 0 saturated heterocycles. The van der Waals surface area contributed by atoms with E-state index in [4.69, 9.17) is 9.84 Å². The molecule has 7 nitrogen and oxygen atoms in total. The molecule has 0 unspecified atom stereocenters. The summed E-state index contributed by atoms with van der Waals surface area (Å²) in [6.45, 7) is 1.90. The van der Waals surface area contributed by atoms with Crippen molar-refractivity contribution < 1.29 is 14.3 Å². The summed E-state index contributed by atoms with van der Waals surface area (Å²) in [6, 6.07) is 19.8. The van der Waals surface area contributed by atoms with Crippen LogP contribution in [0.3, 0.4) is 0 Å². The minimum Gasteiger partial charge on any atom is -0.497 e. The van der Waals surface area contributed by atoms with Gasteiger partial charge in [0.25, 0.3) is 11.8 Å². The van der Waals surface area contributed by atoms with Crippen molar-refractivity contribution in [3.05, 3.63) is 94.3 Å². The topological polar surface area (TPSA) is 88.2 Å². The van der Waals surface area contributed by atoms with Crippen LogP contribution < -0.4 is 4.74 Å². The van der Waals surface area contributed by atoms with E-state index in [2.05, 4.69) is 6.07 Å². The van der Waals surface area contributed by atoms with Crippen LogP contribution in [0.2, 0.25) is 0 Å². The molecule has 0 N–H and O–H groups in total. The fourth-order valence-electron chi connectivity index (χ4n) is 8.54. The molecule has 5 aliphatic rings. The summed E-state index contributed by atoms with van der Waals surface area (Å²) in [6.07, 6.45) is 11.8. The predicted octanol–water partition coefficient (Wildman–Crippen LogP) is 6.18. The van der Waals surface area contributed by atoms with E-state index in [1.54, 1.807) is 14.0 Å². The highest BCUT2D eigenvalue weighted by Gasteiger charge is 2.53. The Kier molecular flexibility index (Phi) is 6.80. The zero-order valence-corrected chi connectivity index (χ0v) is 24.8. The van der Waals surface area contributed by atoms with Crippen LogP contribution in [0, 0.1) is 29.1 Å². The lowest BCUT2D eigenvalue weighted by Crippen LogP contribution is -2.49. The van der Waals surface area contributed by atoms with E-state index < -0.39 is 5.91 Å². The van der Waals surface area contributed by atoms with E-state index in [-0.39, 0.29) is 23.4 Å². The zero-order chi connectivity index (χ0) is 29.7. The van der Waals surface area contributed by atoms with E-state index >= 15 is 0 Å². The van der Waals surface area contributed by atoms with Crippen LogP contribution in [0.5, 0.6) is 5.75 Å². The normalized spacial score (nSPS) is 27.2. The number of carbonyl (C=O) groups is 2. The molecule has 2 aromatic carbocycles. The second kappa shape index (κ2) is 10.7. The maximum atomic E-state index is 14.0. The summed E-state index contributed by atoms with van der Waals surface area (Å²) < 4.78 is 7.18. The number of nitriles is 1. The van der Waals surface area contributed by atoms with Crippen molar-refractivity contribution in [3.8, 4) is 17.5 Å². The summed E-state index contributed by atoms with van der Waals surface area (Å²) in [7, 11) is 1.62. The number of carbonyl (C=O) groups excluding carboxylic acids is 2. The molecular formula is C36H36N4O3. The van der Waals surface area contributed by atoms with Gasteiger partial charge in [-0.1, -0.05) is 30.3 Å². The molecule has 4 fully saturated rings. The number of ether oxygens (including phenoxy) is 1. The Balaban J connectivity index is 1.29. The van der Waals surface area contributed by atoms with Crippen LogP contribution in [-0.4, -0.2) is 40.1 Å². The zero-order valence-electron chi connectivity index (χ0n) is 24.8. The molecule has 1 aromatic heterocycles. The average Bonchev–Trinajstić information content (AvgIpc) is 3.45. The van der Waals surface area contributed by atoms with E-state index in [1.165, 1.54) is 24.2 Å². The minimum absolute atomic E-state index is 0.00155. The highest BCUT2D eigenvalue weighted by molar-refractivity contribution is 6.19. The Bertz CT molecular complexity index is 1650. The number of hydrogen-bond donors (Lipinski definition) is 0. The first-order valence-corrected chi connectivity index (χ1v) is 15.3. The third-order valence-electron chi connectivity index (χ3n) is 10.2. The molecule has 7 heteroatoms. The second-order valence-electron chi connectivity index (χ2n) is 12.9. The third kappa shape index (κ3) is 4.79. The van der Waals surface area contributed by atoms with Gasteiger partial charge in [-0.15, -0.1) is 0 Å². The van der Waals surface area contributed by atoms with Gasteiger partial charge in [0.1, 0.15) is 17.4 Å². The first kappa shape index (κ1) is 27.4. The van der Waals surface area contributed by atoms with Gasteiger partial charge in [-0.05, 0) is 111 Å². The van der Waals surface area contributed by atoms with Crippen molar-refractivity contribution in [1.29, 1.82) is 5.26 Å². The van der Waals surface area contributed by atoms with Gasteiger partial charge in [-0.3, -0.25) is 14.5 Å². The summed E-state index contributed by atoms with van der Waals surface area (Å²) in [5.41, 5.74) is 4.76. The molecule has 218 valence electrons. The van der Waals surface area contributed by atoms with E-state index in [0.717, 1.165) is 65.3 Å². The molecule has 2 amide bonds. The van der Waals surface area contributed by atoms with Crippen molar-refractivity contribution in [3.63, 3.8) is 0 Å². The minimum atomic E-state index is -0.531. The Morgan fingerprint density at radius 3 is 2.23 bits per heavy atom. The first-order chi connectivity index (χ1) is 20.9. The lowest BCUT2D eigenvalue weighted by atomic mass is 9.48. The molecule has 43 heavy (non-hydrogen) atoms. The maximum absolute atomic E-state index is 14.0. The Labute approximate surface area is 252 Å². The predicted molar refractivity (Wildman–Crippen MR) is 163 cm³/mol. The SMILES string of the molecule is COc1ccc(CCN2C(=O)C(C#N)=C(C)/C(=C\c3cn(-c4ccccc4)nc3C34CC5CC(CC(C5)C3)C4)C2=O)cc1. The number of methoxy groups -OCH3 is 1. The van der Waals surface area contributed by atoms with Crippen molar-refractivity contribution in [2.75, 3.05) is 13.7 Å². The van der Waals surface area contributed by atoms with Crippen LogP contribution >= 0.6 is 0 Å². The Hall–Kier alpha value is -4.44. The molecule has 8 rings (SSSR count). The standard InChI is InChI=1S/C36H36N4O3/c1-23-31(34(41)39(35(42)32(23)21-37)13-12-24-8-10-30(43-2)11-9-24)17-28-22-40(29-6-4-3-5-7-29)38-33(28)36-18-25-14-26(19-36)16-27(15-25)20-36/h3-11,17,22,25-27H,12-16,18-20H2,1-2H3/b31-17+. The Morgan fingerprint density at radius 1 is 0.977 bits per heavy atom. The van der Waals surface area contributed by atoms with E-state index in [1.807, 2.05) is 71.6 Å². The Morgan fingerprint density at radius 2 is 1.63 bits per heavy atom. The van der Waals surface area contributed by atoms with Gasteiger partial charge >= 0.3 is 0 Å². The fraction of sp³-hybridized carbons (Fsp3) is 0.389. The number of imide groups is 1. The van der Waals surface area contributed by atoms with Gasteiger partial charge < -0.3 is 4.74 Å². The molecule has 0 atom stereocenters. The van der Waals surface area contributed by atoms with Crippen LogP contribution in [0.25, 0.3) is 11.8 Å². The van der Waals surface area contributed by atoms with Gasteiger partial charge in [-0.2, -0.15) is 10.4 Å². The summed E-state index contributed by atoms with van der Waals surface area (Å²) in [5.74, 6) is 2.07. The van der Waals surface area contributed by atoms with Crippen LogP contribution in [0.1, 0.15) is 62.3 Å². The lowest BCUT2D eigenvalue weighted by molar-refractivity contribution is -0.140. The molecule has 4 aliphatic carbocycles. The van der Waals surface area contributed by atoms with Crippen molar-refractivity contribution in [1.82, 2.24) is 14.7 Å². The van der Waals surface area contributed by atoms with Crippen molar-refractivity contribution >= 4 is 17.9 Å². The number of aromatic nitrogens is 2. The molecule has 1 aliphatic heterocycles. The quantitative estimate of drug-likeness (QED) is 0.249. The van der Waals surface area contributed by atoms with Gasteiger partial charge in [0.15, 0.2) is 0 Å². The average molecular weight is 573 g/mol. The van der Waals surface area contributed by atoms with Crippen molar-refractivity contribution in [2.24, 2.45) is 17.8 Å². The van der Waals surface area contributed by atoms with Crippen molar-refractivity contribution in [2.45, 2.75) is 57.3 Å². The monoisotopic (exact) mass is 572 g/mol. The second-order valence-corrected chi connectivity index (χ2v) is 12.9. The smallest absolute Gasteiger partial charge is 0.271 e. The molecule has 0 radical (unpaired) electrons. The molecule has 4 bridgehead atoms. The van der Waals surface area contributed by atoms with E-state index in [0.29, 0.717) is 17.6 Å². The molecule has 2 heterocycles. The lowest BCUT2D eigenvalue weighted by Gasteiger charge is -2.56. The van der Waals surface area contributed by atoms with Gasteiger partial charge in [-0.25, -0.2) is 4.68 Å². The number of amides is 2. The number of nitrogens with zero attached hydrogens (tertiary/aromatic N) is 4.